The second-order valence-corrected chi connectivity index (χ2v) is 6.49. The lowest BCUT2D eigenvalue weighted by atomic mass is 9.88. The Kier molecular flexibility index (Phi) is 5.20. The van der Waals surface area contributed by atoms with Crippen LogP contribution < -0.4 is 10.6 Å². The van der Waals surface area contributed by atoms with E-state index in [1.54, 1.807) is 6.26 Å². The van der Waals surface area contributed by atoms with Crippen molar-refractivity contribution in [2.24, 2.45) is 0 Å². The van der Waals surface area contributed by atoms with Crippen molar-refractivity contribution in [2.45, 2.75) is 31.3 Å². The number of hydrogen-bond acceptors (Lipinski definition) is 3. The molecule has 0 saturated carbocycles. The van der Waals surface area contributed by atoms with Crippen LogP contribution in [-0.2, 0) is 6.42 Å². The lowest BCUT2D eigenvalue weighted by molar-refractivity contribution is 0.221. The van der Waals surface area contributed by atoms with E-state index < -0.39 is 0 Å². The first-order valence-electron chi connectivity index (χ1n) is 8.47. The zero-order chi connectivity index (χ0) is 16.9. The number of nitrogens with one attached hydrogen (secondary N) is 2. The predicted octanol–water partition coefficient (Wildman–Crippen LogP) is 3.26. The topological polar surface area (TPSA) is 57.5 Å². The molecule has 2 aromatic rings. The number of aryl methyl sites for hydroxylation is 1. The third-order valence-corrected chi connectivity index (χ3v) is 4.63. The molecule has 0 bridgehead atoms. The first-order chi connectivity index (χ1) is 11.6. The molecule has 1 aromatic carbocycles. The smallest absolute Gasteiger partial charge is 0.315 e. The number of fused-ring (bicyclic) bond motifs is 1. The Bertz CT molecular complexity index is 667. The maximum atomic E-state index is 12.3. The maximum Gasteiger partial charge on any atom is 0.315 e. The van der Waals surface area contributed by atoms with Gasteiger partial charge in [-0.05, 0) is 56.6 Å². The van der Waals surface area contributed by atoms with Gasteiger partial charge in [0.15, 0.2) is 0 Å². The molecule has 2 unspecified atom stereocenters. The zero-order valence-corrected chi connectivity index (χ0v) is 14.3. The number of likely N-dealkylation sites (N-methyl/N-ethyl adjacent to an activating group) is 1. The molecule has 2 N–H and O–H groups in total. The van der Waals surface area contributed by atoms with E-state index in [1.807, 2.05) is 37.2 Å². The van der Waals surface area contributed by atoms with Crippen LogP contribution in [0.4, 0.5) is 4.79 Å². The number of amides is 2. The Hall–Kier alpha value is -2.27. The third kappa shape index (κ3) is 3.79. The van der Waals surface area contributed by atoms with Crippen LogP contribution in [0.25, 0.3) is 0 Å². The highest BCUT2D eigenvalue weighted by Gasteiger charge is 2.22. The summed E-state index contributed by atoms with van der Waals surface area (Å²) < 4.78 is 5.47. The summed E-state index contributed by atoms with van der Waals surface area (Å²) in [5.74, 6) is 0.850. The number of carbonyl (C=O) groups is 1. The molecule has 1 aromatic heterocycles. The first-order valence-corrected chi connectivity index (χ1v) is 8.47. The number of nitrogens with zero attached hydrogens (tertiary/aromatic N) is 1. The van der Waals surface area contributed by atoms with Crippen molar-refractivity contribution in [3.05, 3.63) is 59.5 Å². The largest absolute Gasteiger partial charge is 0.468 e. The van der Waals surface area contributed by atoms with Crippen molar-refractivity contribution in [2.75, 3.05) is 20.6 Å². The molecule has 128 valence electrons. The minimum atomic E-state index is -0.130. The molecule has 0 aliphatic heterocycles. The summed E-state index contributed by atoms with van der Waals surface area (Å²) in [7, 11) is 3.95. The number of urea groups is 1. The van der Waals surface area contributed by atoms with Crippen LogP contribution in [0.3, 0.4) is 0 Å². The van der Waals surface area contributed by atoms with Gasteiger partial charge in [0.1, 0.15) is 5.76 Å². The van der Waals surface area contributed by atoms with Crippen LogP contribution in [0.1, 0.15) is 41.8 Å². The normalized spacial score (nSPS) is 18.0. The highest BCUT2D eigenvalue weighted by molar-refractivity contribution is 5.74. The summed E-state index contributed by atoms with van der Waals surface area (Å²) in [4.78, 5) is 14.4. The molecule has 0 radical (unpaired) electrons. The van der Waals surface area contributed by atoms with E-state index in [4.69, 9.17) is 4.42 Å². The molecule has 0 spiro atoms. The van der Waals surface area contributed by atoms with Crippen LogP contribution in [0.15, 0.2) is 47.1 Å². The van der Waals surface area contributed by atoms with Crippen LogP contribution >= 0.6 is 0 Å². The standard InChI is InChI=1S/C19H25N3O2/c1-22(2)17(18-11-6-12-24-18)13-20-19(23)21-16-10-5-8-14-7-3-4-9-15(14)16/h3-4,6-7,9,11-12,16-17H,5,8,10,13H2,1-2H3,(H2,20,21,23). The molecular formula is C19H25N3O2. The van der Waals surface area contributed by atoms with Gasteiger partial charge in [-0.25, -0.2) is 4.79 Å². The van der Waals surface area contributed by atoms with Crippen molar-refractivity contribution in [3.8, 4) is 0 Å². The first kappa shape index (κ1) is 16.6. The van der Waals surface area contributed by atoms with Crippen LogP contribution in [0.5, 0.6) is 0 Å². The second-order valence-electron chi connectivity index (χ2n) is 6.49. The van der Waals surface area contributed by atoms with Gasteiger partial charge >= 0.3 is 6.03 Å². The molecule has 1 aliphatic rings. The van der Waals surface area contributed by atoms with E-state index >= 15 is 0 Å². The molecule has 2 atom stereocenters. The van der Waals surface area contributed by atoms with E-state index in [0.717, 1.165) is 25.0 Å². The Morgan fingerprint density at radius 1 is 1.29 bits per heavy atom. The molecule has 3 rings (SSSR count). The zero-order valence-electron chi connectivity index (χ0n) is 14.3. The Labute approximate surface area is 143 Å². The molecular weight excluding hydrogens is 302 g/mol. The Balaban J connectivity index is 1.58. The number of benzene rings is 1. The quantitative estimate of drug-likeness (QED) is 0.886. The highest BCUT2D eigenvalue weighted by atomic mass is 16.3. The van der Waals surface area contributed by atoms with E-state index in [-0.39, 0.29) is 18.1 Å². The Morgan fingerprint density at radius 2 is 2.12 bits per heavy atom. The van der Waals surface area contributed by atoms with Crippen molar-refractivity contribution in [1.82, 2.24) is 15.5 Å². The maximum absolute atomic E-state index is 12.3. The van der Waals surface area contributed by atoms with Gasteiger partial charge in [0, 0.05) is 6.54 Å². The van der Waals surface area contributed by atoms with Crippen LogP contribution in [-0.4, -0.2) is 31.6 Å². The summed E-state index contributed by atoms with van der Waals surface area (Å²) in [5, 5.41) is 6.09. The van der Waals surface area contributed by atoms with Gasteiger partial charge in [0.25, 0.3) is 0 Å². The fraction of sp³-hybridized carbons (Fsp3) is 0.421. The number of furan rings is 1. The van der Waals surface area contributed by atoms with Gasteiger partial charge in [-0.15, -0.1) is 0 Å². The van der Waals surface area contributed by atoms with Gasteiger partial charge in [0.2, 0.25) is 0 Å². The summed E-state index contributed by atoms with van der Waals surface area (Å²) in [6, 6.07) is 12.1. The van der Waals surface area contributed by atoms with Gasteiger partial charge in [-0.1, -0.05) is 24.3 Å². The lowest BCUT2D eigenvalue weighted by Gasteiger charge is -2.27. The van der Waals surface area contributed by atoms with E-state index in [2.05, 4.69) is 28.8 Å². The average molecular weight is 327 g/mol. The third-order valence-electron chi connectivity index (χ3n) is 4.63. The second kappa shape index (κ2) is 7.53. The van der Waals surface area contributed by atoms with Gasteiger partial charge < -0.3 is 15.1 Å². The van der Waals surface area contributed by atoms with E-state index in [0.29, 0.717) is 6.54 Å². The summed E-state index contributed by atoms with van der Waals surface area (Å²) in [5.41, 5.74) is 2.59. The van der Waals surface area contributed by atoms with Crippen molar-refractivity contribution in [3.63, 3.8) is 0 Å². The Morgan fingerprint density at radius 3 is 2.88 bits per heavy atom. The van der Waals surface area contributed by atoms with Crippen molar-refractivity contribution < 1.29 is 9.21 Å². The fourth-order valence-corrected chi connectivity index (χ4v) is 3.32. The molecule has 2 amide bonds. The van der Waals surface area contributed by atoms with Gasteiger partial charge in [-0.2, -0.15) is 0 Å². The van der Waals surface area contributed by atoms with Crippen LogP contribution in [0, 0.1) is 0 Å². The number of carbonyl (C=O) groups excluding carboxylic acids is 1. The average Bonchev–Trinajstić information content (AvgIpc) is 3.09. The monoisotopic (exact) mass is 327 g/mol. The predicted molar refractivity (Wildman–Crippen MR) is 93.8 cm³/mol. The van der Waals surface area contributed by atoms with E-state index in [1.165, 1.54) is 11.1 Å². The molecule has 0 fully saturated rings. The molecule has 5 heteroatoms. The molecule has 5 nitrogen and oxygen atoms in total. The number of hydrogen-bond donors (Lipinski definition) is 2. The van der Waals surface area contributed by atoms with Crippen LogP contribution in [0.2, 0.25) is 0 Å². The molecule has 0 saturated heterocycles. The lowest BCUT2D eigenvalue weighted by Crippen LogP contribution is -2.42. The highest BCUT2D eigenvalue weighted by Crippen LogP contribution is 2.29. The fourth-order valence-electron chi connectivity index (χ4n) is 3.32. The SMILES string of the molecule is CN(C)C(CNC(=O)NC1CCCc2ccccc21)c1ccco1. The number of rotatable bonds is 5. The summed E-state index contributed by atoms with van der Waals surface area (Å²) in [6.07, 6.45) is 4.84. The van der Waals surface area contributed by atoms with E-state index in [9.17, 15) is 4.79 Å². The minimum Gasteiger partial charge on any atom is -0.468 e. The summed E-state index contributed by atoms with van der Waals surface area (Å²) in [6.45, 7) is 0.501. The van der Waals surface area contributed by atoms with Gasteiger partial charge in [0.05, 0.1) is 18.3 Å². The summed E-state index contributed by atoms with van der Waals surface area (Å²) >= 11 is 0. The molecule has 1 heterocycles. The molecule has 1 aliphatic carbocycles. The van der Waals surface area contributed by atoms with Crippen molar-refractivity contribution in [1.29, 1.82) is 0 Å². The van der Waals surface area contributed by atoms with Gasteiger partial charge in [-0.3, -0.25) is 4.90 Å². The van der Waals surface area contributed by atoms with Crippen molar-refractivity contribution >= 4 is 6.03 Å². The minimum absolute atomic E-state index is 0.0180. The molecule has 24 heavy (non-hydrogen) atoms.